The van der Waals surface area contributed by atoms with Gasteiger partial charge in [-0.25, -0.2) is 9.37 Å². The Bertz CT molecular complexity index is 1460. The minimum Gasteiger partial charge on any atom is -0.298 e. The first-order valence-corrected chi connectivity index (χ1v) is 12.1. The third-order valence-corrected chi connectivity index (χ3v) is 6.81. The molecule has 4 nitrogen and oxygen atoms in total. The second-order valence-electron chi connectivity index (χ2n) is 7.63. The summed E-state index contributed by atoms with van der Waals surface area (Å²) in [5, 5.41) is 11.0. The van der Waals surface area contributed by atoms with Gasteiger partial charge in [-0.15, -0.1) is 16.8 Å². The molecule has 0 saturated carbocycles. The van der Waals surface area contributed by atoms with E-state index in [1.807, 2.05) is 65.2 Å². The maximum Gasteiger partial charge on any atom is 0.192 e. The average Bonchev–Trinajstić information content (AvgIpc) is 3.26. The fraction of sp³-hybridized carbons (Fsp3) is 0.0741. The number of para-hydroxylation sites is 1. The minimum absolute atomic E-state index is 0.331. The Hall–Kier alpha value is -3.48. The van der Waals surface area contributed by atoms with Crippen molar-refractivity contribution in [3.63, 3.8) is 0 Å². The second kappa shape index (κ2) is 9.79. The molecule has 168 valence electrons. The first-order chi connectivity index (χ1) is 16.7. The van der Waals surface area contributed by atoms with Crippen molar-refractivity contribution in [2.75, 3.05) is 0 Å². The lowest BCUT2D eigenvalue weighted by Crippen LogP contribution is -2.02. The first kappa shape index (κ1) is 22.3. The van der Waals surface area contributed by atoms with Crippen molar-refractivity contribution in [2.24, 2.45) is 0 Å². The van der Waals surface area contributed by atoms with E-state index in [0.717, 1.165) is 27.7 Å². The van der Waals surface area contributed by atoms with Crippen LogP contribution in [0, 0.1) is 5.82 Å². The standard InChI is InChI=1S/C27H20ClFN4S/c1-2-15-33-26(31-32-27(33)34-17-21-22(28)12-8-13-23(21)29)20-16-25(18-9-4-3-5-10-18)30-24-14-7-6-11-19(20)24/h2-14,16H,1,15,17H2. The average molecular weight is 487 g/mol. The van der Waals surface area contributed by atoms with Gasteiger partial charge in [0.05, 0.1) is 11.2 Å². The molecule has 0 radical (unpaired) electrons. The van der Waals surface area contributed by atoms with Gasteiger partial charge in [0.25, 0.3) is 0 Å². The summed E-state index contributed by atoms with van der Waals surface area (Å²) in [7, 11) is 0. The predicted octanol–water partition coefficient (Wildman–Crippen LogP) is 7.43. The highest BCUT2D eigenvalue weighted by atomic mass is 35.5. The van der Waals surface area contributed by atoms with Gasteiger partial charge in [-0.3, -0.25) is 4.57 Å². The lowest BCUT2D eigenvalue weighted by molar-refractivity contribution is 0.617. The SMILES string of the molecule is C=CCn1c(SCc2c(F)cccc2Cl)nnc1-c1cc(-c2ccccc2)nc2ccccc12. The Labute approximate surface area is 206 Å². The monoisotopic (exact) mass is 486 g/mol. The Morgan fingerprint density at radius 3 is 2.56 bits per heavy atom. The largest absolute Gasteiger partial charge is 0.298 e. The Morgan fingerprint density at radius 1 is 0.971 bits per heavy atom. The van der Waals surface area contributed by atoms with Crippen LogP contribution in [0.3, 0.4) is 0 Å². The van der Waals surface area contributed by atoms with E-state index in [-0.39, 0.29) is 5.82 Å². The molecule has 0 amide bonds. The molecule has 7 heteroatoms. The fourth-order valence-electron chi connectivity index (χ4n) is 3.81. The van der Waals surface area contributed by atoms with Gasteiger partial charge < -0.3 is 0 Å². The molecule has 0 atom stereocenters. The van der Waals surface area contributed by atoms with Crippen molar-refractivity contribution in [3.8, 4) is 22.6 Å². The molecule has 5 aromatic rings. The summed E-state index contributed by atoms with van der Waals surface area (Å²) in [6.45, 7) is 4.41. The van der Waals surface area contributed by atoms with Gasteiger partial charge in [0.15, 0.2) is 11.0 Å². The molecular weight excluding hydrogens is 467 g/mol. The van der Waals surface area contributed by atoms with E-state index < -0.39 is 0 Å². The molecule has 2 aromatic heterocycles. The summed E-state index contributed by atoms with van der Waals surface area (Å²) in [4.78, 5) is 4.87. The predicted molar refractivity (Wildman–Crippen MR) is 137 cm³/mol. The quantitative estimate of drug-likeness (QED) is 0.177. The number of thioether (sulfide) groups is 1. The molecule has 5 rings (SSSR count). The summed E-state index contributed by atoms with van der Waals surface area (Å²) in [5.74, 6) is 0.716. The summed E-state index contributed by atoms with van der Waals surface area (Å²) >= 11 is 7.61. The van der Waals surface area contributed by atoms with Gasteiger partial charge in [-0.2, -0.15) is 0 Å². The molecule has 0 aliphatic carbocycles. The van der Waals surface area contributed by atoms with Crippen LogP contribution in [0.2, 0.25) is 5.02 Å². The highest BCUT2D eigenvalue weighted by Gasteiger charge is 2.19. The molecule has 0 aliphatic heterocycles. The molecule has 2 heterocycles. The van der Waals surface area contributed by atoms with Crippen LogP contribution in [-0.4, -0.2) is 19.7 Å². The van der Waals surface area contributed by atoms with E-state index >= 15 is 0 Å². The topological polar surface area (TPSA) is 43.6 Å². The van der Waals surface area contributed by atoms with Crippen LogP contribution in [0.1, 0.15) is 5.56 Å². The molecule has 0 fully saturated rings. The van der Waals surface area contributed by atoms with Crippen molar-refractivity contribution in [1.29, 1.82) is 0 Å². The molecule has 0 bridgehead atoms. The number of rotatable bonds is 7. The number of hydrogen-bond acceptors (Lipinski definition) is 4. The minimum atomic E-state index is -0.331. The van der Waals surface area contributed by atoms with Gasteiger partial charge >= 0.3 is 0 Å². The Kier molecular flexibility index (Phi) is 6.43. The van der Waals surface area contributed by atoms with Gasteiger partial charge in [0.2, 0.25) is 0 Å². The number of nitrogens with zero attached hydrogens (tertiary/aromatic N) is 4. The van der Waals surface area contributed by atoms with Crippen LogP contribution in [0.4, 0.5) is 4.39 Å². The number of benzene rings is 3. The molecule has 0 unspecified atom stereocenters. The van der Waals surface area contributed by atoms with Gasteiger partial charge in [0, 0.05) is 39.4 Å². The molecule has 0 saturated heterocycles. The zero-order valence-corrected chi connectivity index (χ0v) is 19.7. The fourth-order valence-corrected chi connectivity index (χ4v) is 5.10. The van der Waals surface area contributed by atoms with E-state index in [1.54, 1.807) is 18.2 Å². The van der Waals surface area contributed by atoms with Crippen LogP contribution >= 0.6 is 23.4 Å². The molecule has 0 N–H and O–H groups in total. The molecule has 0 spiro atoms. The van der Waals surface area contributed by atoms with Crippen LogP contribution < -0.4 is 0 Å². The van der Waals surface area contributed by atoms with Crippen molar-refractivity contribution >= 4 is 34.3 Å². The summed E-state index contributed by atoms with van der Waals surface area (Å²) in [6, 6.07) is 24.8. The zero-order chi connectivity index (χ0) is 23.5. The smallest absolute Gasteiger partial charge is 0.192 e. The van der Waals surface area contributed by atoms with E-state index in [4.69, 9.17) is 16.6 Å². The van der Waals surface area contributed by atoms with Crippen LogP contribution in [-0.2, 0) is 12.3 Å². The number of hydrogen-bond donors (Lipinski definition) is 0. The molecular formula is C27H20ClFN4S. The number of allylic oxidation sites excluding steroid dienone is 1. The lowest BCUT2D eigenvalue weighted by atomic mass is 10.0. The molecule has 0 aliphatic rings. The van der Waals surface area contributed by atoms with Crippen molar-refractivity contribution < 1.29 is 4.39 Å². The number of halogens is 2. The molecule has 34 heavy (non-hydrogen) atoms. The number of pyridine rings is 1. The zero-order valence-electron chi connectivity index (χ0n) is 18.2. The number of fused-ring (bicyclic) bond motifs is 1. The van der Waals surface area contributed by atoms with E-state index in [9.17, 15) is 4.39 Å². The maximum absolute atomic E-state index is 14.3. The third-order valence-electron chi connectivity index (χ3n) is 5.46. The van der Waals surface area contributed by atoms with Crippen LogP contribution in [0.5, 0.6) is 0 Å². The van der Waals surface area contributed by atoms with E-state index in [2.05, 4.69) is 16.8 Å². The Morgan fingerprint density at radius 2 is 1.76 bits per heavy atom. The van der Waals surface area contributed by atoms with Gasteiger partial charge in [-0.05, 0) is 24.3 Å². The van der Waals surface area contributed by atoms with E-state index in [1.165, 1.54) is 17.8 Å². The normalized spacial score (nSPS) is 11.1. The number of aromatic nitrogens is 4. The van der Waals surface area contributed by atoms with E-state index in [0.29, 0.717) is 33.9 Å². The van der Waals surface area contributed by atoms with Crippen molar-refractivity contribution in [3.05, 3.63) is 108 Å². The summed E-state index contributed by atoms with van der Waals surface area (Å²) in [5.41, 5.74) is 4.13. The van der Waals surface area contributed by atoms with Crippen molar-refractivity contribution in [1.82, 2.24) is 19.7 Å². The second-order valence-corrected chi connectivity index (χ2v) is 8.98. The maximum atomic E-state index is 14.3. The molecule has 3 aromatic carbocycles. The summed E-state index contributed by atoms with van der Waals surface area (Å²) in [6.07, 6.45) is 1.80. The highest BCUT2D eigenvalue weighted by Crippen LogP contribution is 2.34. The van der Waals surface area contributed by atoms with Crippen LogP contribution in [0.15, 0.2) is 96.7 Å². The lowest BCUT2D eigenvalue weighted by Gasteiger charge is -2.12. The van der Waals surface area contributed by atoms with Crippen LogP contribution in [0.25, 0.3) is 33.5 Å². The summed E-state index contributed by atoms with van der Waals surface area (Å²) < 4.78 is 16.3. The Balaban J connectivity index is 1.61. The third kappa shape index (κ3) is 4.34. The van der Waals surface area contributed by atoms with Crippen molar-refractivity contribution in [2.45, 2.75) is 17.5 Å². The first-order valence-electron chi connectivity index (χ1n) is 10.7. The van der Waals surface area contributed by atoms with Gasteiger partial charge in [-0.1, -0.05) is 84.0 Å². The highest BCUT2D eigenvalue weighted by molar-refractivity contribution is 7.98. The van der Waals surface area contributed by atoms with Gasteiger partial charge in [0.1, 0.15) is 5.82 Å².